The summed E-state index contributed by atoms with van der Waals surface area (Å²) in [5.41, 5.74) is 0.351. The fourth-order valence-corrected chi connectivity index (χ4v) is 3.41. The van der Waals surface area contributed by atoms with Crippen molar-refractivity contribution in [3.05, 3.63) is 76.1 Å². The number of carboxylic acids is 1. The van der Waals surface area contributed by atoms with Gasteiger partial charge in [0.05, 0.1) is 17.0 Å². The van der Waals surface area contributed by atoms with Crippen molar-refractivity contribution in [3.8, 4) is 5.69 Å². The number of aromatic nitrogens is 4. The number of aromatic carboxylic acids is 1. The maximum Gasteiger partial charge on any atom is 0.347 e. The summed E-state index contributed by atoms with van der Waals surface area (Å²) in [5.74, 6) is -1.52. The number of hydrogen-bond acceptors (Lipinski definition) is 8. The van der Waals surface area contributed by atoms with Gasteiger partial charge in [0.25, 0.3) is 0 Å². The van der Waals surface area contributed by atoms with Gasteiger partial charge < -0.3 is 9.52 Å². The molecule has 0 aliphatic heterocycles. The summed E-state index contributed by atoms with van der Waals surface area (Å²) in [5, 5.41) is 21.3. The lowest BCUT2D eigenvalue weighted by molar-refractivity contribution is 0.0696. The third kappa shape index (κ3) is 3.78. The highest BCUT2D eigenvalue weighted by Crippen LogP contribution is 2.20. The molecule has 29 heavy (non-hydrogen) atoms. The van der Waals surface area contributed by atoms with Crippen LogP contribution in [0.15, 0.2) is 69.0 Å². The molecule has 4 rings (SSSR count). The first-order chi connectivity index (χ1) is 14.0. The van der Waals surface area contributed by atoms with Gasteiger partial charge in [-0.25, -0.2) is 9.59 Å². The van der Waals surface area contributed by atoms with Crippen molar-refractivity contribution in [1.29, 1.82) is 0 Å². The van der Waals surface area contributed by atoms with Crippen LogP contribution in [-0.2, 0) is 0 Å². The van der Waals surface area contributed by atoms with Gasteiger partial charge in [-0.3, -0.25) is 4.79 Å². The fraction of sp³-hybridized carbons (Fsp3) is 0.0526. The number of ketones is 1. The molecule has 144 valence electrons. The molecule has 1 N–H and O–H groups in total. The van der Waals surface area contributed by atoms with Crippen molar-refractivity contribution in [2.24, 2.45) is 0 Å². The van der Waals surface area contributed by atoms with Crippen molar-refractivity contribution >= 4 is 34.5 Å². The summed E-state index contributed by atoms with van der Waals surface area (Å²) in [4.78, 5) is 35.6. The molecule has 0 saturated carbocycles. The Kier molecular flexibility index (Phi) is 4.92. The molecule has 0 radical (unpaired) electrons. The number of rotatable bonds is 6. The Morgan fingerprint density at radius 1 is 1.10 bits per heavy atom. The van der Waals surface area contributed by atoms with Gasteiger partial charge in [-0.1, -0.05) is 30.0 Å². The summed E-state index contributed by atoms with van der Waals surface area (Å²) < 4.78 is 6.58. The van der Waals surface area contributed by atoms with E-state index in [9.17, 15) is 14.4 Å². The van der Waals surface area contributed by atoms with Crippen molar-refractivity contribution < 1.29 is 19.1 Å². The van der Waals surface area contributed by atoms with E-state index >= 15 is 0 Å². The summed E-state index contributed by atoms with van der Waals surface area (Å²) in [6.07, 6.45) is 0. The molecule has 4 aromatic rings. The van der Waals surface area contributed by atoms with E-state index in [0.717, 1.165) is 11.8 Å². The fourth-order valence-electron chi connectivity index (χ4n) is 2.64. The summed E-state index contributed by atoms with van der Waals surface area (Å²) in [6, 6.07) is 14.4. The highest BCUT2D eigenvalue weighted by Gasteiger charge is 2.17. The van der Waals surface area contributed by atoms with E-state index in [1.165, 1.54) is 22.9 Å². The number of tetrazole rings is 1. The number of para-hydroxylation sites is 1. The lowest BCUT2D eigenvalue weighted by Crippen LogP contribution is -2.16. The highest BCUT2D eigenvalue weighted by molar-refractivity contribution is 7.99. The van der Waals surface area contributed by atoms with Crippen LogP contribution in [0.5, 0.6) is 0 Å². The van der Waals surface area contributed by atoms with E-state index in [1.807, 2.05) is 0 Å². The Balaban J connectivity index is 1.54. The summed E-state index contributed by atoms with van der Waals surface area (Å²) in [7, 11) is 0. The smallest absolute Gasteiger partial charge is 0.347 e. The number of carbonyl (C=O) groups excluding carboxylic acids is 1. The predicted molar refractivity (Wildman–Crippen MR) is 104 cm³/mol. The number of benzene rings is 2. The SMILES string of the molecule is O=C(O)c1ccc(-n2nnnc2SCC(=O)c2cc3ccccc3oc2=O)cc1. The number of Topliss-reactive ketones (excluding diaryl/α,β-unsaturated/α-hetero) is 1. The van der Waals surface area contributed by atoms with Crippen LogP contribution in [-0.4, -0.2) is 42.8 Å². The number of nitrogens with zero attached hydrogens (tertiary/aromatic N) is 4. The van der Waals surface area contributed by atoms with Crippen LogP contribution in [0, 0.1) is 0 Å². The van der Waals surface area contributed by atoms with Gasteiger partial charge >= 0.3 is 11.6 Å². The molecule has 0 fully saturated rings. The molecule has 2 aromatic carbocycles. The number of carboxylic acid groups (broad SMARTS) is 1. The van der Waals surface area contributed by atoms with E-state index in [2.05, 4.69) is 15.5 Å². The second-order valence-electron chi connectivity index (χ2n) is 5.92. The van der Waals surface area contributed by atoms with Gasteiger partial charge in [-0.15, -0.1) is 5.10 Å². The van der Waals surface area contributed by atoms with E-state index in [-0.39, 0.29) is 16.9 Å². The van der Waals surface area contributed by atoms with Crippen LogP contribution in [0.3, 0.4) is 0 Å². The normalized spacial score (nSPS) is 10.9. The van der Waals surface area contributed by atoms with Crippen molar-refractivity contribution in [1.82, 2.24) is 20.2 Å². The van der Waals surface area contributed by atoms with Crippen molar-refractivity contribution in [2.75, 3.05) is 5.75 Å². The van der Waals surface area contributed by atoms with Crippen molar-refractivity contribution in [2.45, 2.75) is 5.16 Å². The van der Waals surface area contributed by atoms with Crippen LogP contribution in [0.25, 0.3) is 16.7 Å². The standard InChI is InChI=1S/C19H12N4O5S/c24-15(14-9-12-3-1-2-4-16(12)28-18(14)27)10-29-19-20-21-22-23(19)13-7-5-11(6-8-13)17(25)26/h1-9H,10H2,(H,25,26). The molecule has 2 aromatic heterocycles. The molecule has 0 spiro atoms. The van der Waals surface area contributed by atoms with Crippen LogP contribution >= 0.6 is 11.8 Å². The van der Waals surface area contributed by atoms with Crippen LogP contribution in [0.2, 0.25) is 0 Å². The maximum absolute atomic E-state index is 12.5. The zero-order valence-corrected chi connectivity index (χ0v) is 15.5. The van der Waals surface area contributed by atoms with Gasteiger partial charge in [-0.2, -0.15) is 4.68 Å². The van der Waals surface area contributed by atoms with Gasteiger partial charge in [-0.05, 0) is 46.8 Å². The summed E-state index contributed by atoms with van der Waals surface area (Å²) >= 11 is 1.06. The molecular weight excluding hydrogens is 396 g/mol. The van der Waals surface area contributed by atoms with E-state index < -0.39 is 17.4 Å². The topological polar surface area (TPSA) is 128 Å². The Morgan fingerprint density at radius 2 is 1.86 bits per heavy atom. The van der Waals surface area contributed by atoms with E-state index in [4.69, 9.17) is 9.52 Å². The van der Waals surface area contributed by atoms with Gasteiger partial charge in [0.1, 0.15) is 11.1 Å². The number of carbonyl (C=O) groups is 2. The molecular formula is C19H12N4O5S. The quantitative estimate of drug-likeness (QED) is 0.290. The van der Waals surface area contributed by atoms with Crippen molar-refractivity contribution in [3.63, 3.8) is 0 Å². The molecule has 0 aliphatic rings. The van der Waals surface area contributed by atoms with Gasteiger partial charge in [0.15, 0.2) is 5.78 Å². The monoisotopic (exact) mass is 408 g/mol. The Bertz CT molecular complexity index is 1280. The lowest BCUT2D eigenvalue weighted by Gasteiger charge is -2.05. The minimum Gasteiger partial charge on any atom is -0.478 e. The van der Waals surface area contributed by atoms with Crippen LogP contribution in [0.1, 0.15) is 20.7 Å². The zero-order valence-electron chi connectivity index (χ0n) is 14.7. The Hall–Kier alpha value is -3.79. The lowest BCUT2D eigenvalue weighted by atomic mass is 10.1. The molecule has 0 atom stereocenters. The molecule has 2 heterocycles. The second kappa shape index (κ2) is 7.68. The third-order valence-corrected chi connectivity index (χ3v) is 4.99. The Labute approximate surface area is 167 Å². The highest BCUT2D eigenvalue weighted by atomic mass is 32.2. The number of fused-ring (bicyclic) bond motifs is 1. The largest absolute Gasteiger partial charge is 0.478 e. The van der Waals surface area contributed by atoms with Gasteiger partial charge in [0, 0.05) is 5.39 Å². The predicted octanol–water partition coefficient (Wildman–Crippen LogP) is 2.44. The second-order valence-corrected chi connectivity index (χ2v) is 6.86. The summed E-state index contributed by atoms with van der Waals surface area (Å²) in [6.45, 7) is 0. The van der Waals surface area contributed by atoms with E-state index in [1.54, 1.807) is 36.4 Å². The first-order valence-electron chi connectivity index (χ1n) is 8.34. The molecule has 0 unspecified atom stereocenters. The minimum absolute atomic E-state index is 0.0407. The van der Waals surface area contributed by atoms with Crippen LogP contribution in [0.4, 0.5) is 0 Å². The first-order valence-corrected chi connectivity index (χ1v) is 9.32. The first kappa shape index (κ1) is 18.6. The average Bonchev–Trinajstić information content (AvgIpc) is 3.20. The molecule has 9 nitrogen and oxygen atoms in total. The van der Waals surface area contributed by atoms with Gasteiger partial charge in [0.2, 0.25) is 5.16 Å². The molecule has 0 amide bonds. The molecule has 0 bridgehead atoms. The number of thioether (sulfide) groups is 1. The minimum atomic E-state index is -1.04. The molecule has 10 heteroatoms. The zero-order chi connectivity index (χ0) is 20.4. The number of hydrogen-bond donors (Lipinski definition) is 1. The molecule has 0 saturated heterocycles. The van der Waals surface area contributed by atoms with Crippen LogP contribution < -0.4 is 5.63 Å². The maximum atomic E-state index is 12.5. The Morgan fingerprint density at radius 3 is 2.62 bits per heavy atom. The molecule has 0 aliphatic carbocycles. The van der Waals surface area contributed by atoms with E-state index in [0.29, 0.717) is 21.8 Å². The third-order valence-electron chi connectivity index (χ3n) is 4.07. The average molecular weight is 408 g/mol.